The van der Waals surface area contributed by atoms with Crippen LogP contribution in [0.1, 0.15) is 24.8 Å². The summed E-state index contributed by atoms with van der Waals surface area (Å²) in [6.45, 7) is 6.65. The molecule has 0 radical (unpaired) electrons. The quantitative estimate of drug-likeness (QED) is 0.0725. The monoisotopic (exact) mass is 838 g/mol. The van der Waals surface area contributed by atoms with Crippen LogP contribution in [0.2, 0.25) is 0 Å². The van der Waals surface area contributed by atoms with Gasteiger partial charge in [0, 0.05) is 76.1 Å². The lowest BCUT2D eigenvalue weighted by molar-refractivity contribution is -0.153. The lowest BCUT2D eigenvalue weighted by Crippen LogP contribution is -2.49. The molecule has 16 nitrogen and oxygen atoms in total. The number of benzene rings is 1. The Hall–Kier alpha value is -4.82. The van der Waals surface area contributed by atoms with E-state index in [1.807, 2.05) is 24.4 Å². The largest absolute Gasteiger partial charge is 0.455 e. The number of methoxy groups -OCH3 is 1. The van der Waals surface area contributed by atoms with Gasteiger partial charge >= 0.3 is 12.0 Å². The molecule has 6 rings (SSSR count). The van der Waals surface area contributed by atoms with Crippen molar-refractivity contribution in [3.63, 3.8) is 0 Å². The summed E-state index contributed by atoms with van der Waals surface area (Å²) in [5, 5.41) is 5.46. The minimum atomic E-state index is -0.603. The molecule has 318 valence electrons. The normalized spacial score (nSPS) is 14.4. The fraction of sp³-hybridized carbons (Fsp3) is 0.488. The van der Waals surface area contributed by atoms with Crippen molar-refractivity contribution in [3.05, 3.63) is 66.2 Å². The zero-order chi connectivity index (χ0) is 41.2. The van der Waals surface area contributed by atoms with Crippen LogP contribution in [-0.4, -0.2) is 143 Å². The highest BCUT2D eigenvalue weighted by Crippen LogP contribution is 2.39. The van der Waals surface area contributed by atoms with Crippen molar-refractivity contribution < 1.29 is 51.9 Å². The van der Waals surface area contributed by atoms with Crippen LogP contribution in [0, 0.1) is 5.82 Å². The second-order valence-electron chi connectivity index (χ2n) is 13.8. The Morgan fingerprint density at radius 1 is 0.831 bits per heavy atom. The van der Waals surface area contributed by atoms with Crippen molar-refractivity contribution in [1.82, 2.24) is 25.1 Å². The van der Waals surface area contributed by atoms with E-state index in [0.29, 0.717) is 103 Å². The van der Waals surface area contributed by atoms with E-state index in [-0.39, 0.29) is 43.4 Å². The molecule has 4 heterocycles. The van der Waals surface area contributed by atoms with E-state index in [4.69, 9.17) is 38.1 Å². The summed E-state index contributed by atoms with van der Waals surface area (Å²) in [6, 6.07) is 11.8. The van der Waals surface area contributed by atoms with Gasteiger partial charge in [0.15, 0.2) is 18.2 Å². The summed E-state index contributed by atoms with van der Waals surface area (Å²) in [4.78, 5) is 50.9. The van der Waals surface area contributed by atoms with Crippen molar-refractivity contribution >= 4 is 45.1 Å². The van der Waals surface area contributed by atoms with Crippen LogP contribution >= 0.6 is 11.3 Å². The van der Waals surface area contributed by atoms with Gasteiger partial charge in [-0.05, 0) is 42.7 Å². The summed E-state index contributed by atoms with van der Waals surface area (Å²) >= 11 is 1.45. The van der Waals surface area contributed by atoms with Crippen LogP contribution in [0.4, 0.5) is 14.9 Å². The average molecular weight is 839 g/mol. The molecule has 1 aliphatic carbocycles. The fourth-order valence-corrected chi connectivity index (χ4v) is 6.97. The number of pyridine rings is 2. The molecule has 3 amide bonds. The number of rotatable bonds is 24. The Kier molecular flexibility index (Phi) is 17.1. The van der Waals surface area contributed by atoms with Crippen molar-refractivity contribution in [2.24, 2.45) is 0 Å². The van der Waals surface area contributed by atoms with E-state index in [1.54, 1.807) is 30.3 Å². The Bertz CT molecular complexity index is 1960. The van der Waals surface area contributed by atoms with E-state index >= 15 is 0 Å². The minimum Gasteiger partial charge on any atom is -0.455 e. The molecule has 0 spiro atoms. The first-order chi connectivity index (χ1) is 28.8. The number of aromatic nitrogens is 2. The molecular weight excluding hydrogens is 788 g/mol. The summed E-state index contributed by atoms with van der Waals surface area (Å²) in [7, 11) is 1.62. The number of ether oxygens (including phenoxy) is 7. The van der Waals surface area contributed by atoms with Gasteiger partial charge in [0.1, 0.15) is 5.75 Å². The van der Waals surface area contributed by atoms with Crippen molar-refractivity contribution in [3.8, 4) is 22.1 Å². The van der Waals surface area contributed by atoms with Crippen LogP contribution in [0.25, 0.3) is 20.8 Å². The Morgan fingerprint density at radius 2 is 1.54 bits per heavy atom. The van der Waals surface area contributed by atoms with Crippen molar-refractivity contribution in [2.45, 2.75) is 31.8 Å². The van der Waals surface area contributed by atoms with Crippen LogP contribution in [-0.2, 0) is 44.6 Å². The van der Waals surface area contributed by atoms with Crippen LogP contribution < -0.4 is 15.4 Å². The Balaban J connectivity index is 0.855. The highest BCUT2D eigenvalue weighted by Gasteiger charge is 2.24. The third-order valence-electron chi connectivity index (χ3n) is 9.26. The molecule has 0 bridgehead atoms. The maximum Gasteiger partial charge on any atom is 0.319 e. The average Bonchev–Trinajstić information content (AvgIpc) is 3.94. The molecule has 2 aliphatic rings. The lowest BCUT2D eigenvalue weighted by Gasteiger charge is -2.34. The zero-order valence-corrected chi connectivity index (χ0v) is 34.0. The molecule has 2 N–H and O–H groups in total. The number of thiophene rings is 1. The third kappa shape index (κ3) is 14.5. The second-order valence-corrected chi connectivity index (χ2v) is 14.9. The molecule has 1 aromatic carbocycles. The third-order valence-corrected chi connectivity index (χ3v) is 10.4. The number of fused-ring (bicyclic) bond motifs is 1. The number of esters is 1. The van der Waals surface area contributed by atoms with Gasteiger partial charge in [0.2, 0.25) is 0 Å². The number of anilines is 1. The van der Waals surface area contributed by atoms with E-state index in [2.05, 4.69) is 20.5 Å². The zero-order valence-electron chi connectivity index (χ0n) is 33.2. The van der Waals surface area contributed by atoms with Gasteiger partial charge in [-0.15, -0.1) is 11.3 Å². The summed E-state index contributed by atoms with van der Waals surface area (Å²) < 4.78 is 53.4. The summed E-state index contributed by atoms with van der Waals surface area (Å²) in [5.41, 5.74) is 2.84. The number of carbonyl (C=O) groups excluding carboxylic acids is 3. The lowest BCUT2D eigenvalue weighted by atomic mass is 10.2. The fourth-order valence-electron chi connectivity index (χ4n) is 5.92. The maximum atomic E-state index is 15.0. The molecule has 2 fully saturated rings. The predicted molar refractivity (Wildman–Crippen MR) is 217 cm³/mol. The van der Waals surface area contributed by atoms with Gasteiger partial charge in [0.05, 0.1) is 86.7 Å². The van der Waals surface area contributed by atoms with Gasteiger partial charge in [-0.25, -0.2) is 9.18 Å². The predicted octanol–water partition coefficient (Wildman–Crippen LogP) is 4.86. The Morgan fingerprint density at radius 3 is 2.20 bits per heavy atom. The first-order valence-corrected chi connectivity index (χ1v) is 20.5. The maximum absolute atomic E-state index is 15.0. The van der Waals surface area contributed by atoms with Crippen LogP contribution in [0.5, 0.6) is 11.5 Å². The number of halogens is 1. The van der Waals surface area contributed by atoms with E-state index in [0.717, 1.165) is 33.7 Å². The summed E-state index contributed by atoms with van der Waals surface area (Å²) in [5.74, 6) is -0.824. The van der Waals surface area contributed by atoms with Gasteiger partial charge in [-0.3, -0.25) is 24.5 Å². The highest BCUT2D eigenvalue weighted by molar-refractivity contribution is 7.22. The molecule has 0 atom stereocenters. The number of nitrogens with zero attached hydrogens (tertiary/aromatic N) is 4. The molecular formula is C41H51FN6O10S. The van der Waals surface area contributed by atoms with Gasteiger partial charge in [0.25, 0.3) is 5.91 Å². The number of amides is 3. The molecule has 0 unspecified atom stereocenters. The number of piperazine rings is 1. The van der Waals surface area contributed by atoms with Gasteiger partial charge in [-0.2, -0.15) is 0 Å². The second kappa shape index (κ2) is 23.1. The standard InChI is InChI=1S/C41H51FN6O10S/c1-52-16-17-54-20-21-56-23-22-55-19-18-53-15-9-39(50)57-28-38(49)48-13-11-47(12-14-48)27-29-2-6-33(44-26-29)37-25-34-40(59-37)36(8-10-43-34)58-35-7-5-31(24-32(35)42)46-41(51)45-30-3-4-30/h2,5-8,10,24-26,30H,3-4,9,11-23,27-28H2,1H3,(H2,45,46,51). The van der Waals surface area contributed by atoms with Gasteiger partial charge < -0.3 is 48.7 Å². The SMILES string of the molecule is COCCOCCOCCOCCOCCC(=O)OCC(=O)N1CCN(Cc2ccc(-c3cc4nccc(Oc5ccc(NC(=O)NC6CC6)cc5F)c4s3)nc2)CC1. The molecule has 1 aliphatic heterocycles. The molecule has 3 aromatic heterocycles. The highest BCUT2D eigenvalue weighted by atomic mass is 32.1. The first-order valence-electron chi connectivity index (χ1n) is 19.7. The summed E-state index contributed by atoms with van der Waals surface area (Å²) in [6.07, 6.45) is 5.42. The van der Waals surface area contributed by atoms with E-state index < -0.39 is 11.8 Å². The van der Waals surface area contributed by atoms with E-state index in [1.165, 1.54) is 23.5 Å². The van der Waals surface area contributed by atoms with Crippen molar-refractivity contribution in [1.29, 1.82) is 0 Å². The number of hydrogen-bond donors (Lipinski definition) is 2. The minimum absolute atomic E-state index is 0.0301. The smallest absolute Gasteiger partial charge is 0.319 e. The van der Waals surface area contributed by atoms with Crippen molar-refractivity contribution in [2.75, 3.05) is 105 Å². The molecule has 4 aromatic rings. The number of urea groups is 1. The van der Waals surface area contributed by atoms with Crippen LogP contribution in [0.15, 0.2) is 54.9 Å². The first kappa shape index (κ1) is 43.8. The topological polar surface area (TPSA) is 172 Å². The van der Waals surface area contributed by atoms with Crippen LogP contribution in [0.3, 0.4) is 0 Å². The molecule has 59 heavy (non-hydrogen) atoms. The van der Waals surface area contributed by atoms with Gasteiger partial charge in [-0.1, -0.05) is 6.07 Å². The number of nitrogens with one attached hydrogen (secondary N) is 2. The molecule has 18 heteroatoms. The molecule has 1 saturated carbocycles. The van der Waals surface area contributed by atoms with E-state index in [9.17, 15) is 18.8 Å². The number of hydrogen-bond acceptors (Lipinski definition) is 14. The molecule has 1 saturated heterocycles. The Labute approximate surface area is 346 Å². The number of carbonyl (C=O) groups is 3.